The second kappa shape index (κ2) is 8.94. The number of methoxy groups -OCH3 is 3. The van der Waals surface area contributed by atoms with Crippen molar-refractivity contribution in [2.45, 2.75) is 19.9 Å². The summed E-state index contributed by atoms with van der Waals surface area (Å²) >= 11 is 0. The van der Waals surface area contributed by atoms with Gasteiger partial charge >= 0.3 is 0 Å². The Morgan fingerprint density at radius 2 is 1.48 bits per heavy atom. The van der Waals surface area contributed by atoms with Crippen LogP contribution in [0.15, 0.2) is 12.1 Å². The van der Waals surface area contributed by atoms with E-state index in [0.717, 1.165) is 0 Å². The van der Waals surface area contributed by atoms with Crippen molar-refractivity contribution in [1.29, 1.82) is 0 Å². The van der Waals surface area contributed by atoms with Crippen molar-refractivity contribution in [1.82, 2.24) is 9.80 Å². The van der Waals surface area contributed by atoms with Crippen LogP contribution in [-0.2, 0) is 4.79 Å². The van der Waals surface area contributed by atoms with Gasteiger partial charge in [-0.25, -0.2) is 0 Å². The molecule has 1 aromatic carbocycles. The van der Waals surface area contributed by atoms with E-state index in [9.17, 15) is 9.59 Å². The summed E-state index contributed by atoms with van der Waals surface area (Å²) in [4.78, 5) is 28.8. The summed E-state index contributed by atoms with van der Waals surface area (Å²) in [5.41, 5.74) is 6.36. The van der Waals surface area contributed by atoms with Crippen LogP contribution in [0.25, 0.3) is 0 Å². The monoisotopic (exact) mass is 379 g/mol. The van der Waals surface area contributed by atoms with Gasteiger partial charge in [0, 0.05) is 26.2 Å². The highest BCUT2D eigenvalue weighted by atomic mass is 16.5. The molecule has 0 spiro atoms. The smallest absolute Gasteiger partial charge is 0.257 e. The molecule has 1 fully saturated rings. The molecular weight excluding hydrogens is 350 g/mol. The third-order valence-corrected chi connectivity index (χ3v) is 4.82. The number of nitrogens with two attached hydrogens (primary N) is 1. The van der Waals surface area contributed by atoms with Gasteiger partial charge < -0.3 is 29.7 Å². The summed E-state index contributed by atoms with van der Waals surface area (Å²) in [6.45, 7) is 5.64. The zero-order valence-electron chi connectivity index (χ0n) is 16.7. The number of piperazine rings is 1. The van der Waals surface area contributed by atoms with E-state index in [0.29, 0.717) is 49.0 Å². The van der Waals surface area contributed by atoms with Crippen LogP contribution in [0.5, 0.6) is 17.2 Å². The highest BCUT2D eigenvalue weighted by Crippen LogP contribution is 2.40. The quantitative estimate of drug-likeness (QED) is 0.792. The Hall–Kier alpha value is -2.48. The van der Waals surface area contributed by atoms with Crippen molar-refractivity contribution in [2.24, 2.45) is 11.7 Å². The third-order valence-electron chi connectivity index (χ3n) is 4.82. The van der Waals surface area contributed by atoms with Gasteiger partial charge in [-0.1, -0.05) is 13.8 Å². The molecule has 8 nitrogen and oxygen atoms in total. The Morgan fingerprint density at radius 1 is 0.926 bits per heavy atom. The maximum absolute atomic E-state index is 13.0. The molecule has 2 amide bonds. The predicted octanol–water partition coefficient (Wildman–Crippen LogP) is 0.980. The number of hydrogen-bond donors (Lipinski definition) is 1. The van der Waals surface area contributed by atoms with Crippen LogP contribution >= 0.6 is 0 Å². The molecule has 0 radical (unpaired) electrons. The average molecular weight is 379 g/mol. The number of benzene rings is 1. The van der Waals surface area contributed by atoms with E-state index in [2.05, 4.69) is 0 Å². The normalized spacial score (nSPS) is 15.5. The van der Waals surface area contributed by atoms with Crippen molar-refractivity contribution in [3.63, 3.8) is 0 Å². The molecule has 2 N–H and O–H groups in total. The highest BCUT2D eigenvalue weighted by Gasteiger charge is 2.30. The fraction of sp³-hybridized carbons (Fsp3) is 0.579. The summed E-state index contributed by atoms with van der Waals surface area (Å²) < 4.78 is 16.0. The Labute approximate surface area is 160 Å². The molecule has 1 saturated heterocycles. The van der Waals surface area contributed by atoms with Crippen LogP contribution in [0.1, 0.15) is 24.2 Å². The van der Waals surface area contributed by atoms with Crippen molar-refractivity contribution in [3.8, 4) is 17.2 Å². The van der Waals surface area contributed by atoms with Crippen LogP contribution in [0.4, 0.5) is 0 Å². The zero-order chi connectivity index (χ0) is 20.1. The Bertz CT molecular complexity index is 684. The topological polar surface area (TPSA) is 94.3 Å². The minimum atomic E-state index is -0.516. The lowest BCUT2D eigenvalue weighted by Gasteiger charge is -2.36. The summed E-state index contributed by atoms with van der Waals surface area (Å²) in [6.07, 6.45) is 0. The number of carbonyl (C=O) groups is 2. The van der Waals surface area contributed by atoms with E-state index in [1.165, 1.54) is 21.3 Å². The first-order valence-corrected chi connectivity index (χ1v) is 8.98. The molecule has 0 bridgehead atoms. The molecule has 0 aliphatic carbocycles. The maximum Gasteiger partial charge on any atom is 0.257 e. The number of carbonyl (C=O) groups excluding carboxylic acids is 2. The average Bonchev–Trinajstić information content (AvgIpc) is 2.70. The highest BCUT2D eigenvalue weighted by molar-refractivity contribution is 5.98. The second-order valence-electron chi connectivity index (χ2n) is 6.77. The van der Waals surface area contributed by atoms with E-state index in [1.807, 2.05) is 13.8 Å². The van der Waals surface area contributed by atoms with E-state index < -0.39 is 6.04 Å². The van der Waals surface area contributed by atoms with E-state index in [4.69, 9.17) is 19.9 Å². The molecule has 0 unspecified atom stereocenters. The second-order valence-corrected chi connectivity index (χ2v) is 6.77. The lowest BCUT2D eigenvalue weighted by molar-refractivity contribution is -0.135. The molecule has 0 aromatic heterocycles. The number of rotatable bonds is 6. The molecular formula is C19H29N3O5. The van der Waals surface area contributed by atoms with Gasteiger partial charge in [0.25, 0.3) is 5.91 Å². The Morgan fingerprint density at radius 3 is 1.96 bits per heavy atom. The van der Waals surface area contributed by atoms with Crippen LogP contribution in [0.2, 0.25) is 0 Å². The molecule has 1 aliphatic rings. The predicted molar refractivity (Wildman–Crippen MR) is 101 cm³/mol. The number of hydrogen-bond acceptors (Lipinski definition) is 6. The van der Waals surface area contributed by atoms with E-state index in [-0.39, 0.29) is 17.7 Å². The number of ether oxygens (including phenoxy) is 3. The fourth-order valence-corrected chi connectivity index (χ4v) is 3.07. The first-order valence-electron chi connectivity index (χ1n) is 8.98. The van der Waals surface area contributed by atoms with Gasteiger partial charge in [0.2, 0.25) is 11.7 Å². The van der Waals surface area contributed by atoms with Crippen molar-refractivity contribution < 1.29 is 23.8 Å². The first kappa shape index (κ1) is 20.8. The van der Waals surface area contributed by atoms with Crippen molar-refractivity contribution >= 4 is 11.8 Å². The summed E-state index contributed by atoms with van der Waals surface area (Å²) in [7, 11) is 4.51. The van der Waals surface area contributed by atoms with Crippen molar-refractivity contribution in [3.05, 3.63) is 17.7 Å². The largest absolute Gasteiger partial charge is 0.493 e. The van der Waals surface area contributed by atoms with Crippen LogP contribution in [0, 0.1) is 5.92 Å². The molecule has 8 heteroatoms. The van der Waals surface area contributed by atoms with Gasteiger partial charge in [0.1, 0.15) is 0 Å². The van der Waals surface area contributed by atoms with Gasteiger partial charge in [-0.2, -0.15) is 0 Å². The molecule has 0 saturated carbocycles. The maximum atomic E-state index is 13.0. The van der Waals surface area contributed by atoms with Crippen LogP contribution < -0.4 is 19.9 Å². The van der Waals surface area contributed by atoms with E-state index >= 15 is 0 Å². The number of amides is 2. The standard InChI is InChI=1S/C19H29N3O5/c1-12(2)15(20)19(24)22-10-8-21(9-11-22)18(23)13-6-7-14(25-3)17(27-5)16(13)26-4/h6-7,12,15H,8-11,20H2,1-5H3/t15-/m0/s1. The Kier molecular flexibility index (Phi) is 6.90. The van der Waals surface area contributed by atoms with Crippen molar-refractivity contribution in [2.75, 3.05) is 47.5 Å². The molecule has 1 atom stereocenters. The molecule has 1 aliphatic heterocycles. The van der Waals surface area contributed by atoms with Crippen LogP contribution in [-0.4, -0.2) is 75.2 Å². The van der Waals surface area contributed by atoms with Gasteiger partial charge in [-0.3, -0.25) is 9.59 Å². The Balaban J connectivity index is 2.13. The van der Waals surface area contributed by atoms with E-state index in [1.54, 1.807) is 21.9 Å². The molecule has 1 heterocycles. The lowest BCUT2D eigenvalue weighted by Crippen LogP contribution is -2.55. The molecule has 1 aromatic rings. The molecule has 2 rings (SSSR count). The zero-order valence-corrected chi connectivity index (χ0v) is 16.7. The molecule has 150 valence electrons. The fourth-order valence-electron chi connectivity index (χ4n) is 3.07. The summed E-state index contributed by atoms with van der Waals surface area (Å²) in [5, 5.41) is 0. The first-order chi connectivity index (χ1) is 12.8. The number of nitrogens with zero attached hydrogens (tertiary/aromatic N) is 2. The lowest BCUT2D eigenvalue weighted by atomic mass is 10.0. The third kappa shape index (κ3) is 4.27. The van der Waals surface area contributed by atoms with Gasteiger partial charge in [0.15, 0.2) is 11.5 Å². The summed E-state index contributed by atoms with van der Waals surface area (Å²) in [6, 6.07) is 2.82. The van der Waals surface area contributed by atoms with Crippen LogP contribution in [0.3, 0.4) is 0 Å². The van der Waals surface area contributed by atoms with Gasteiger partial charge in [-0.15, -0.1) is 0 Å². The minimum absolute atomic E-state index is 0.0687. The summed E-state index contributed by atoms with van der Waals surface area (Å²) in [5.74, 6) is 1.04. The van der Waals surface area contributed by atoms with Gasteiger partial charge in [0.05, 0.1) is 32.9 Å². The molecule has 27 heavy (non-hydrogen) atoms. The van der Waals surface area contributed by atoms with Gasteiger partial charge in [-0.05, 0) is 18.1 Å². The minimum Gasteiger partial charge on any atom is -0.493 e. The SMILES string of the molecule is COc1ccc(C(=O)N2CCN(C(=O)[C@@H](N)C(C)C)CC2)c(OC)c1OC.